The summed E-state index contributed by atoms with van der Waals surface area (Å²) in [5, 5.41) is 3.29. The van der Waals surface area contributed by atoms with Gasteiger partial charge in [-0.1, -0.05) is 18.2 Å². The van der Waals surface area contributed by atoms with Crippen molar-refractivity contribution < 1.29 is 9.53 Å². The number of carbonyl (C=O) groups is 1. The number of hydrogen-bond acceptors (Lipinski definition) is 3. The minimum atomic E-state index is -0.373. The fourth-order valence-corrected chi connectivity index (χ4v) is 1.63. The summed E-state index contributed by atoms with van der Waals surface area (Å²) >= 11 is 0. The maximum atomic E-state index is 11.2. The second kappa shape index (κ2) is 7.81. The van der Waals surface area contributed by atoms with Crippen LogP contribution in [-0.2, 0) is 11.3 Å². The fraction of sp³-hybridized carbons (Fsp3) is 0.462. The quantitative estimate of drug-likeness (QED) is 0.669. The average molecular weight is 236 g/mol. The lowest BCUT2D eigenvalue weighted by Gasteiger charge is -2.08. The third-order valence-electron chi connectivity index (χ3n) is 2.55. The summed E-state index contributed by atoms with van der Waals surface area (Å²) in [5.41, 5.74) is 6.85. The summed E-state index contributed by atoms with van der Waals surface area (Å²) in [7, 11) is 1.70. The van der Waals surface area contributed by atoms with E-state index in [1.54, 1.807) is 13.2 Å². The van der Waals surface area contributed by atoms with Crippen LogP contribution in [0.25, 0.3) is 0 Å². The number of primary amides is 1. The molecule has 0 bridgehead atoms. The molecule has 3 N–H and O–H groups in total. The highest BCUT2D eigenvalue weighted by atomic mass is 16.5. The molecule has 1 aromatic rings. The van der Waals surface area contributed by atoms with Crippen molar-refractivity contribution in [3.63, 3.8) is 0 Å². The smallest absolute Gasteiger partial charge is 0.249 e. The van der Waals surface area contributed by atoms with Crippen molar-refractivity contribution in [2.24, 2.45) is 5.73 Å². The molecule has 0 aliphatic carbocycles. The van der Waals surface area contributed by atoms with Crippen LogP contribution in [0.2, 0.25) is 0 Å². The number of methoxy groups -OCH3 is 1. The molecule has 0 saturated carbocycles. The van der Waals surface area contributed by atoms with Gasteiger partial charge in [0.2, 0.25) is 5.91 Å². The van der Waals surface area contributed by atoms with Crippen LogP contribution in [0.4, 0.5) is 0 Å². The van der Waals surface area contributed by atoms with Gasteiger partial charge in [-0.25, -0.2) is 0 Å². The van der Waals surface area contributed by atoms with Gasteiger partial charge in [-0.05, 0) is 31.0 Å². The molecule has 0 saturated heterocycles. The molecule has 94 valence electrons. The molecule has 4 heteroatoms. The summed E-state index contributed by atoms with van der Waals surface area (Å²) in [6.07, 6.45) is 2.10. The lowest BCUT2D eigenvalue weighted by atomic mass is 10.1. The van der Waals surface area contributed by atoms with Crippen molar-refractivity contribution in [3.05, 3.63) is 35.4 Å². The molecule has 0 unspecified atom stereocenters. The first kappa shape index (κ1) is 13.7. The Balaban J connectivity index is 2.34. The highest BCUT2D eigenvalue weighted by Gasteiger charge is 2.05. The molecular weight excluding hydrogens is 216 g/mol. The van der Waals surface area contributed by atoms with Gasteiger partial charge in [-0.3, -0.25) is 4.79 Å². The Labute approximate surface area is 102 Å². The molecule has 0 heterocycles. The first-order valence-electron chi connectivity index (χ1n) is 5.83. The number of nitrogens with one attached hydrogen (secondary N) is 1. The molecule has 1 amide bonds. The van der Waals surface area contributed by atoms with Gasteiger partial charge in [-0.15, -0.1) is 0 Å². The molecule has 17 heavy (non-hydrogen) atoms. The van der Waals surface area contributed by atoms with Gasteiger partial charge in [0.05, 0.1) is 0 Å². The van der Waals surface area contributed by atoms with Crippen LogP contribution in [0.3, 0.4) is 0 Å². The summed E-state index contributed by atoms with van der Waals surface area (Å²) in [6, 6.07) is 7.41. The van der Waals surface area contributed by atoms with Crippen LogP contribution in [0.15, 0.2) is 24.3 Å². The molecule has 0 aliphatic rings. The molecule has 0 fully saturated rings. The third kappa shape index (κ3) is 4.97. The Morgan fingerprint density at radius 3 is 2.82 bits per heavy atom. The zero-order valence-electron chi connectivity index (χ0n) is 10.2. The van der Waals surface area contributed by atoms with E-state index in [1.165, 1.54) is 0 Å². The second-order valence-electron chi connectivity index (χ2n) is 3.90. The summed E-state index contributed by atoms with van der Waals surface area (Å²) in [5.74, 6) is -0.373. The van der Waals surface area contributed by atoms with E-state index in [0.29, 0.717) is 12.1 Å². The maximum absolute atomic E-state index is 11.2. The van der Waals surface area contributed by atoms with E-state index < -0.39 is 0 Å². The lowest BCUT2D eigenvalue weighted by Crippen LogP contribution is -2.20. The molecule has 1 rings (SSSR count). The van der Waals surface area contributed by atoms with Crippen molar-refractivity contribution in [2.75, 3.05) is 20.3 Å². The van der Waals surface area contributed by atoms with E-state index in [1.807, 2.05) is 18.2 Å². The third-order valence-corrected chi connectivity index (χ3v) is 2.55. The Hall–Kier alpha value is -1.39. The van der Waals surface area contributed by atoms with Gasteiger partial charge in [-0.2, -0.15) is 0 Å². The molecule has 4 nitrogen and oxygen atoms in total. The van der Waals surface area contributed by atoms with Gasteiger partial charge >= 0.3 is 0 Å². The number of unbranched alkanes of at least 4 members (excludes halogenated alkanes) is 1. The number of hydrogen-bond donors (Lipinski definition) is 2. The number of ether oxygens (including phenoxy) is 1. The molecule has 0 atom stereocenters. The normalized spacial score (nSPS) is 10.4. The van der Waals surface area contributed by atoms with E-state index >= 15 is 0 Å². The molecule has 0 radical (unpaired) electrons. The molecule has 0 aliphatic heterocycles. The van der Waals surface area contributed by atoms with Crippen LogP contribution in [-0.4, -0.2) is 26.2 Å². The fourth-order valence-electron chi connectivity index (χ4n) is 1.63. The van der Waals surface area contributed by atoms with E-state index in [-0.39, 0.29) is 5.91 Å². The Morgan fingerprint density at radius 1 is 1.35 bits per heavy atom. The zero-order chi connectivity index (χ0) is 12.5. The monoisotopic (exact) mass is 236 g/mol. The Morgan fingerprint density at radius 2 is 2.12 bits per heavy atom. The Bertz CT molecular complexity index is 353. The van der Waals surface area contributed by atoms with Gasteiger partial charge in [0, 0.05) is 25.8 Å². The van der Waals surface area contributed by atoms with Gasteiger partial charge in [0.1, 0.15) is 0 Å². The number of benzene rings is 1. The van der Waals surface area contributed by atoms with Crippen molar-refractivity contribution in [1.29, 1.82) is 0 Å². The van der Waals surface area contributed by atoms with Gasteiger partial charge in [0.25, 0.3) is 0 Å². The predicted octanol–water partition coefficient (Wildman–Crippen LogP) is 1.30. The maximum Gasteiger partial charge on any atom is 0.249 e. The van der Waals surface area contributed by atoms with Crippen LogP contribution in [0.1, 0.15) is 28.8 Å². The zero-order valence-corrected chi connectivity index (χ0v) is 10.2. The number of amides is 1. The molecule has 1 aromatic carbocycles. The summed E-state index contributed by atoms with van der Waals surface area (Å²) < 4.78 is 4.97. The first-order chi connectivity index (χ1) is 8.25. The summed E-state index contributed by atoms with van der Waals surface area (Å²) in [6.45, 7) is 2.38. The van der Waals surface area contributed by atoms with E-state index in [9.17, 15) is 4.79 Å². The second-order valence-corrected chi connectivity index (χ2v) is 3.90. The van der Waals surface area contributed by atoms with Crippen LogP contribution in [0, 0.1) is 0 Å². The topological polar surface area (TPSA) is 64.3 Å². The Kier molecular flexibility index (Phi) is 6.29. The average Bonchev–Trinajstić information content (AvgIpc) is 2.34. The van der Waals surface area contributed by atoms with Crippen LogP contribution < -0.4 is 11.1 Å². The van der Waals surface area contributed by atoms with Gasteiger partial charge in [0.15, 0.2) is 0 Å². The molecule has 0 aromatic heterocycles. The largest absolute Gasteiger partial charge is 0.385 e. The van der Waals surface area contributed by atoms with Crippen molar-refractivity contribution in [2.45, 2.75) is 19.4 Å². The number of carbonyl (C=O) groups excluding carboxylic acids is 1. The van der Waals surface area contributed by atoms with Crippen LogP contribution in [0.5, 0.6) is 0 Å². The van der Waals surface area contributed by atoms with Crippen molar-refractivity contribution >= 4 is 5.91 Å². The first-order valence-corrected chi connectivity index (χ1v) is 5.83. The standard InChI is InChI=1S/C13H20N2O2/c1-17-9-5-4-8-15-10-11-6-2-3-7-12(11)13(14)16/h2-3,6-7,15H,4-5,8-10H2,1H3,(H2,14,16). The molecular formula is C13H20N2O2. The number of rotatable bonds is 8. The highest BCUT2D eigenvalue weighted by molar-refractivity contribution is 5.94. The van der Waals surface area contributed by atoms with Crippen molar-refractivity contribution in [3.8, 4) is 0 Å². The SMILES string of the molecule is COCCCCNCc1ccccc1C(N)=O. The van der Waals surface area contributed by atoms with E-state index in [4.69, 9.17) is 10.5 Å². The number of nitrogens with two attached hydrogens (primary N) is 1. The molecule has 0 spiro atoms. The minimum absolute atomic E-state index is 0.373. The minimum Gasteiger partial charge on any atom is -0.385 e. The summed E-state index contributed by atoms with van der Waals surface area (Å²) in [4.78, 5) is 11.2. The predicted molar refractivity (Wildman–Crippen MR) is 67.8 cm³/mol. The van der Waals surface area contributed by atoms with E-state index in [2.05, 4.69) is 5.32 Å². The van der Waals surface area contributed by atoms with E-state index in [0.717, 1.165) is 31.6 Å². The van der Waals surface area contributed by atoms with Crippen molar-refractivity contribution in [1.82, 2.24) is 5.32 Å². The van der Waals surface area contributed by atoms with Gasteiger partial charge < -0.3 is 15.8 Å². The lowest BCUT2D eigenvalue weighted by molar-refractivity contribution is 0.0999. The highest BCUT2D eigenvalue weighted by Crippen LogP contribution is 2.07. The van der Waals surface area contributed by atoms with Crippen LogP contribution >= 0.6 is 0 Å².